The zero-order valence-corrected chi connectivity index (χ0v) is 9.09. The van der Waals surface area contributed by atoms with Crippen molar-refractivity contribution in [3.63, 3.8) is 0 Å². The Balaban J connectivity index is 2.17. The number of alkyl halides is 1. The van der Waals surface area contributed by atoms with Crippen molar-refractivity contribution in [1.29, 1.82) is 0 Å². The fraction of sp³-hybridized carbons (Fsp3) is 0.700. The summed E-state index contributed by atoms with van der Waals surface area (Å²) in [5.74, 6) is 0. The molecule has 0 saturated carbocycles. The van der Waals surface area contributed by atoms with Gasteiger partial charge in [0.05, 0.1) is 0 Å². The van der Waals surface area contributed by atoms with Crippen molar-refractivity contribution >= 4 is 11.6 Å². The zero-order valence-electron chi connectivity index (χ0n) is 8.33. The maximum Gasteiger partial charge on any atom is 0.0492 e. The van der Waals surface area contributed by atoms with Gasteiger partial charge >= 0.3 is 0 Å². The Morgan fingerprint density at radius 1 is 1.54 bits per heavy atom. The van der Waals surface area contributed by atoms with E-state index in [0.717, 1.165) is 12.8 Å². The van der Waals surface area contributed by atoms with Crippen molar-refractivity contribution in [2.24, 2.45) is 7.05 Å². The summed E-state index contributed by atoms with van der Waals surface area (Å²) in [6, 6.07) is 2.07. The van der Waals surface area contributed by atoms with Crippen LogP contribution in [0.4, 0.5) is 0 Å². The van der Waals surface area contributed by atoms with E-state index < -0.39 is 0 Å². The highest BCUT2D eigenvalue weighted by molar-refractivity contribution is 6.20. The van der Waals surface area contributed by atoms with Gasteiger partial charge in [0.2, 0.25) is 0 Å². The molecule has 1 aromatic rings. The number of rotatable bonds is 5. The van der Waals surface area contributed by atoms with Crippen LogP contribution in [0.5, 0.6) is 0 Å². The second-order valence-corrected chi connectivity index (χ2v) is 4.22. The first kappa shape index (κ1) is 10.6. The minimum absolute atomic E-state index is 0.312. The number of hydrogen-bond acceptors (Lipinski definition) is 1. The molecular formula is C10H17ClN2. The van der Waals surface area contributed by atoms with Gasteiger partial charge < -0.3 is 0 Å². The molecule has 1 aromatic heterocycles. The number of unbranched alkanes of at least 4 members (excludes halogenated alkanes) is 1. The third-order valence-electron chi connectivity index (χ3n) is 2.21. The van der Waals surface area contributed by atoms with Crippen LogP contribution in [-0.2, 0) is 13.5 Å². The third-order valence-corrected chi connectivity index (χ3v) is 2.43. The average molecular weight is 201 g/mol. The summed E-state index contributed by atoms with van der Waals surface area (Å²) in [7, 11) is 1.99. The van der Waals surface area contributed by atoms with Gasteiger partial charge in [-0.25, -0.2) is 0 Å². The van der Waals surface area contributed by atoms with Crippen LogP contribution < -0.4 is 0 Å². The summed E-state index contributed by atoms with van der Waals surface area (Å²) in [6.07, 6.45) is 6.48. The van der Waals surface area contributed by atoms with Crippen LogP contribution in [0.1, 0.15) is 31.9 Å². The Morgan fingerprint density at radius 3 is 2.85 bits per heavy atom. The van der Waals surface area contributed by atoms with E-state index in [2.05, 4.69) is 11.2 Å². The topological polar surface area (TPSA) is 17.8 Å². The van der Waals surface area contributed by atoms with E-state index >= 15 is 0 Å². The van der Waals surface area contributed by atoms with Crippen molar-refractivity contribution < 1.29 is 0 Å². The van der Waals surface area contributed by atoms with Gasteiger partial charge in [-0.15, -0.1) is 11.6 Å². The molecule has 1 unspecified atom stereocenters. The summed E-state index contributed by atoms with van der Waals surface area (Å²) >= 11 is 5.85. The molecule has 2 nitrogen and oxygen atoms in total. The molecule has 13 heavy (non-hydrogen) atoms. The molecule has 0 fully saturated rings. The molecule has 0 aromatic carbocycles. The van der Waals surface area contributed by atoms with E-state index in [4.69, 9.17) is 11.6 Å². The molecule has 0 aliphatic carbocycles. The minimum atomic E-state index is 0.312. The standard InChI is InChI=1S/C10H17ClN2/c1-9(11)5-3-4-6-10-7-8-12-13(10)2/h7-9H,3-6H2,1-2H3. The molecule has 0 spiro atoms. The maximum atomic E-state index is 5.85. The van der Waals surface area contributed by atoms with Crippen molar-refractivity contribution in [2.45, 2.75) is 38.0 Å². The summed E-state index contributed by atoms with van der Waals surface area (Å²) in [6.45, 7) is 2.05. The summed E-state index contributed by atoms with van der Waals surface area (Å²) in [4.78, 5) is 0. The third kappa shape index (κ3) is 3.81. The SMILES string of the molecule is CC(Cl)CCCCc1ccnn1C. The monoisotopic (exact) mass is 200 g/mol. The largest absolute Gasteiger partial charge is 0.273 e. The van der Waals surface area contributed by atoms with Crippen molar-refractivity contribution in [3.8, 4) is 0 Å². The molecule has 3 heteroatoms. The second kappa shape index (κ2) is 5.28. The highest BCUT2D eigenvalue weighted by atomic mass is 35.5. The van der Waals surface area contributed by atoms with Crippen LogP contribution in [0.2, 0.25) is 0 Å². The zero-order chi connectivity index (χ0) is 9.68. The van der Waals surface area contributed by atoms with E-state index in [1.54, 1.807) is 0 Å². The van der Waals surface area contributed by atoms with Crippen LogP contribution in [0, 0.1) is 0 Å². The number of aromatic nitrogens is 2. The summed E-state index contributed by atoms with van der Waals surface area (Å²) < 4.78 is 1.93. The lowest BCUT2D eigenvalue weighted by Gasteiger charge is -2.03. The van der Waals surface area contributed by atoms with Crippen molar-refractivity contribution in [3.05, 3.63) is 18.0 Å². The van der Waals surface area contributed by atoms with E-state index in [9.17, 15) is 0 Å². The van der Waals surface area contributed by atoms with Gasteiger partial charge in [-0.1, -0.05) is 6.42 Å². The van der Waals surface area contributed by atoms with Crippen molar-refractivity contribution in [2.75, 3.05) is 0 Å². The Hall–Kier alpha value is -0.500. The number of halogens is 1. The molecule has 1 rings (SSSR count). The van der Waals surface area contributed by atoms with Crippen LogP contribution in [-0.4, -0.2) is 15.2 Å². The highest BCUT2D eigenvalue weighted by Crippen LogP contribution is 2.09. The Labute approximate surface area is 84.9 Å². The van der Waals surface area contributed by atoms with Crippen LogP contribution >= 0.6 is 11.6 Å². The summed E-state index contributed by atoms with van der Waals surface area (Å²) in [5, 5.41) is 4.43. The molecule has 1 atom stereocenters. The molecule has 1 heterocycles. The minimum Gasteiger partial charge on any atom is -0.273 e. The van der Waals surface area contributed by atoms with E-state index in [-0.39, 0.29) is 0 Å². The first-order valence-electron chi connectivity index (χ1n) is 4.81. The van der Waals surface area contributed by atoms with Gasteiger partial charge in [-0.2, -0.15) is 5.10 Å². The van der Waals surface area contributed by atoms with Crippen LogP contribution in [0.25, 0.3) is 0 Å². The Bertz CT molecular complexity index is 243. The molecule has 0 saturated heterocycles. The quantitative estimate of drug-likeness (QED) is 0.528. The maximum absolute atomic E-state index is 5.85. The lowest BCUT2D eigenvalue weighted by Crippen LogP contribution is -1.98. The fourth-order valence-electron chi connectivity index (χ4n) is 1.38. The molecule has 74 valence electrons. The first-order valence-corrected chi connectivity index (χ1v) is 5.24. The van der Waals surface area contributed by atoms with Gasteiger partial charge in [0.1, 0.15) is 0 Å². The van der Waals surface area contributed by atoms with E-state index in [0.29, 0.717) is 5.38 Å². The second-order valence-electron chi connectivity index (χ2n) is 3.47. The van der Waals surface area contributed by atoms with E-state index in [1.807, 2.05) is 24.9 Å². The van der Waals surface area contributed by atoms with Gasteiger partial charge in [0.25, 0.3) is 0 Å². The molecule has 0 N–H and O–H groups in total. The lowest BCUT2D eigenvalue weighted by atomic mass is 10.1. The van der Waals surface area contributed by atoms with Gasteiger partial charge in [0.15, 0.2) is 0 Å². The highest BCUT2D eigenvalue weighted by Gasteiger charge is 1.99. The number of aryl methyl sites for hydroxylation is 2. The lowest BCUT2D eigenvalue weighted by molar-refractivity contribution is 0.633. The fourth-order valence-corrected chi connectivity index (χ4v) is 1.53. The van der Waals surface area contributed by atoms with Crippen molar-refractivity contribution in [1.82, 2.24) is 9.78 Å². The van der Waals surface area contributed by atoms with Crippen LogP contribution in [0.3, 0.4) is 0 Å². The number of nitrogens with zero attached hydrogens (tertiary/aromatic N) is 2. The van der Waals surface area contributed by atoms with Gasteiger partial charge in [0, 0.05) is 24.3 Å². The molecule has 0 radical (unpaired) electrons. The smallest absolute Gasteiger partial charge is 0.0492 e. The first-order chi connectivity index (χ1) is 6.20. The predicted octanol–water partition coefficient (Wildman–Crippen LogP) is 2.76. The average Bonchev–Trinajstić information content (AvgIpc) is 2.45. The Morgan fingerprint density at radius 2 is 2.31 bits per heavy atom. The Kier molecular flexibility index (Phi) is 4.29. The predicted molar refractivity (Wildman–Crippen MR) is 56.1 cm³/mol. The van der Waals surface area contributed by atoms with Crippen LogP contribution in [0.15, 0.2) is 12.3 Å². The molecular weight excluding hydrogens is 184 g/mol. The molecule has 0 amide bonds. The van der Waals surface area contributed by atoms with Gasteiger partial charge in [-0.05, 0) is 32.3 Å². The molecule has 0 aliphatic rings. The molecule has 0 aliphatic heterocycles. The normalized spacial score (nSPS) is 13.2. The molecule has 0 bridgehead atoms. The number of hydrogen-bond donors (Lipinski definition) is 0. The van der Waals surface area contributed by atoms with Gasteiger partial charge in [-0.3, -0.25) is 4.68 Å². The van der Waals surface area contributed by atoms with E-state index in [1.165, 1.54) is 18.5 Å². The summed E-state index contributed by atoms with van der Waals surface area (Å²) in [5.41, 5.74) is 1.31.